The van der Waals surface area contributed by atoms with Crippen LogP contribution in [0.25, 0.3) is 0 Å². The van der Waals surface area contributed by atoms with Crippen LogP contribution in [0.2, 0.25) is 0 Å². The summed E-state index contributed by atoms with van der Waals surface area (Å²) in [7, 11) is 0. The van der Waals surface area contributed by atoms with Gasteiger partial charge < -0.3 is 25.5 Å². The van der Waals surface area contributed by atoms with Gasteiger partial charge in [0.15, 0.2) is 0 Å². The fourth-order valence-corrected chi connectivity index (χ4v) is 3.86. The van der Waals surface area contributed by atoms with Gasteiger partial charge >= 0.3 is 0 Å². The summed E-state index contributed by atoms with van der Waals surface area (Å²) >= 11 is 0. The highest BCUT2D eigenvalue weighted by molar-refractivity contribution is 5.79. The van der Waals surface area contributed by atoms with E-state index in [9.17, 15) is 20.1 Å². The van der Waals surface area contributed by atoms with Crippen LogP contribution >= 0.6 is 0 Å². The molecule has 1 saturated heterocycles. The number of aliphatic hydroxyl groups excluding tert-OH is 2. The molecule has 0 saturated carbocycles. The summed E-state index contributed by atoms with van der Waals surface area (Å²) in [6.45, 7) is 5.62. The Morgan fingerprint density at radius 1 is 1.20 bits per heavy atom. The van der Waals surface area contributed by atoms with Crippen molar-refractivity contribution in [1.29, 1.82) is 0 Å². The van der Waals surface area contributed by atoms with E-state index < -0.39 is 12.2 Å². The lowest BCUT2D eigenvalue weighted by atomic mass is 9.93. The Morgan fingerprint density at radius 2 is 1.90 bits per heavy atom. The lowest BCUT2D eigenvalue weighted by Gasteiger charge is -2.28. The van der Waals surface area contributed by atoms with Crippen LogP contribution in [0.1, 0.15) is 43.1 Å². The van der Waals surface area contributed by atoms with Gasteiger partial charge in [0.2, 0.25) is 5.91 Å². The summed E-state index contributed by atoms with van der Waals surface area (Å²) in [5.74, 6) is 0.233. The van der Waals surface area contributed by atoms with Crippen LogP contribution in [0.4, 0.5) is 0 Å². The molecule has 4 N–H and O–H groups in total. The maximum absolute atomic E-state index is 12.4. The number of benzene rings is 2. The second-order valence-corrected chi connectivity index (χ2v) is 8.83. The van der Waals surface area contributed by atoms with Gasteiger partial charge in [-0.05, 0) is 55.5 Å². The van der Waals surface area contributed by atoms with E-state index in [1.807, 2.05) is 18.2 Å². The van der Waals surface area contributed by atoms with Gasteiger partial charge in [0.05, 0.1) is 18.6 Å². The van der Waals surface area contributed by atoms with Gasteiger partial charge in [-0.3, -0.25) is 4.79 Å². The van der Waals surface area contributed by atoms with Crippen LogP contribution in [0.15, 0.2) is 48.5 Å². The molecule has 0 bridgehead atoms. The zero-order valence-corrected chi connectivity index (χ0v) is 17.7. The second-order valence-electron chi connectivity index (χ2n) is 8.83. The summed E-state index contributed by atoms with van der Waals surface area (Å²) < 4.78 is 0. The minimum Gasteiger partial charge on any atom is -0.508 e. The predicted molar refractivity (Wildman–Crippen MR) is 116 cm³/mol. The number of phenols is 1. The first-order chi connectivity index (χ1) is 14.2. The van der Waals surface area contributed by atoms with Crippen LogP contribution < -0.4 is 5.32 Å². The number of hydrogen-bond acceptors (Lipinski definition) is 5. The fraction of sp³-hybridized carbons (Fsp3) is 0.458. The van der Waals surface area contributed by atoms with Crippen LogP contribution in [0.5, 0.6) is 5.75 Å². The summed E-state index contributed by atoms with van der Waals surface area (Å²) in [5, 5.41) is 32.8. The van der Waals surface area contributed by atoms with E-state index in [0.29, 0.717) is 32.5 Å². The third-order valence-corrected chi connectivity index (χ3v) is 5.56. The summed E-state index contributed by atoms with van der Waals surface area (Å²) in [6, 6.07) is 14.6. The number of likely N-dealkylation sites (tertiary alicyclic amines) is 1. The molecule has 0 aromatic heterocycles. The molecule has 2 atom stereocenters. The Bertz CT molecular complexity index is 851. The smallest absolute Gasteiger partial charge is 0.227 e. The Hall–Kier alpha value is -2.41. The molecule has 162 valence electrons. The maximum atomic E-state index is 12.4. The summed E-state index contributed by atoms with van der Waals surface area (Å²) in [5.41, 5.74) is 2.60. The number of β-amino-alcohol motifs (C(OH)–C–C–N with tert-alkyl or cyclic N) is 2. The molecular formula is C24H32N2O4. The van der Waals surface area contributed by atoms with Gasteiger partial charge in [0.1, 0.15) is 5.75 Å². The number of aromatic hydroxyl groups is 1. The molecule has 1 amide bonds. The molecule has 0 radical (unpaired) electrons. The van der Waals surface area contributed by atoms with Crippen molar-refractivity contribution in [3.63, 3.8) is 0 Å². The van der Waals surface area contributed by atoms with Crippen molar-refractivity contribution in [2.75, 3.05) is 19.6 Å². The lowest BCUT2D eigenvalue weighted by molar-refractivity contribution is -0.129. The van der Waals surface area contributed by atoms with Crippen molar-refractivity contribution in [3.8, 4) is 5.75 Å². The zero-order valence-electron chi connectivity index (χ0n) is 17.7. The molecular weight excluding hydrogens is 380 g/mol. The molecule has 1 aliphatic rings. The Labute approximate surface area is 178 Å². The van der Waals surface area contributed by atoms with Gasteiger partial charge in [0.25, 0.3) is 0 Å². The number of amides is 1. The average molecular weight is 413 g/mol. The lowest BCUT2D eigenvalue weighted by Crippen LogP contribution is -2.43. The van der Waals surface area contributed by atoms with Crippen molar-refractivity contribution < 1.29 is 20.1 Å². The normalized spacial score (nSPS) is 17.9. The minimum absolute atomic E-state index is 0.0538. The number of hydrogen-bond donors (Lipinski definition) is 4. The average Bonchev–Trinajstić information content (AvgIpc) is 3.13. The molecule has 1 heterocycles. The number of nitrogens with zero attached hydrogens (tertiary/aromatic N) is 1. The molecule has 2 aromatic rings. The van der Waals surface area contributed by atoms with E-state index in [2.05, 4.69) is 25.2 Å². The van der Waals surface area contributed by atoms with Crippen molar-refractivity contribution in [2.45, 2.75) is 50.9 Å². The molecule has 0 aliphatic carbocycles. The van der Waals surface area contributed by atoms with Crippen LogP contribution in [-0.4, -0.2) is 57.4 Å². The fourth-order valence-electron chi connectivity index (χ4n) is 3.86. The standard InChI is InChI=1S/C24H32N2O4/c1-24(2,25-15-22(29)19-6-8-20(27)9-7-19)14-18-5-3-4-17(12-18)13-23(30)26-11-10-21(28)16-26/h3-9,12,21-22,25,27-29H,10-11,13-16H2,1-2H3. The highest BCUT2D eigenvalue weighted by Crippen LogP contribution is 2.19. The minimum atomic E-state index is -0.662. The van der Waals surface area contributed by atoms with Crippen LogP contribution in [-0.2, 0) is 17.6 Å². The first kappa shape index (κ1) is 22.3. The van der Waals surface area contributed by atoms with Crippen molar-refractivity contribution in [3.05, 3.63) is 65.2 Å². The maximum Gasteiger partial charge on any atom is 0.227 e. The van der Waals surface area contributed by atoms with Gasteiger partial charge in [-0.25, -0.2) is 0 Å². The second kappa shape index (κ2) is 9.60. The van der Waals surface area contributed by atoms with Gasteiger partial charge in [-0.2, -0.15) is 0 Å². The first-order valence-corrected chi connectivity index (χ1v) is 10.5. The SMILES string of the molecule is CC(C)(Cc1cccc(CC(=O)N2CCC(O)C2)c1)NCC(O)c1ccc(O)cc1. The van der Waals surface area contributed by atoms with E-state index in [4.69, 9.17) is 0 Å². The van der Waals surface area contributed by atoms with E-state index in [1.165, 1.54) is 0 Å². The molecule has 30 heavy (non-hydrogen) atoms. The van der Waals surface area contributed by atoms with Crippen LogP contribution in [0.3, 0.4) is 0 Å². The monoisotopic (exact) mass is 412 g/mol. The van der Waals surface area contributed by atoms with E-state index >= 15 is 0 Å². The van der Waals surface area contributed by atoms with Crippen LogP contribution in [0, 0.1) is 0 Å². The Morgan fingerprint density at radius 3 is 2.57 bits per heavy atom. The van der Waals surface area contributed by atoms with E-state index in [0.717, 1.165) is 23.1 Å². The van der Waals surface area contributed by atoms with Crippen molar-refractivity contribution >= 4 is 5.91 Å². The molecule has 3 rings (SSSR count). The van der Waals surface area contributed by atoms with Gasteiger partial charge in [0, 0.05) is 25.2 Å². The predicted octanol–water partition coefficient (Wildman–Crippen LogP) is 2.17. The van der Waals surface area contributed by atoms with Crippen molar-refractivity contribution in [2.24, 2.45) is 0 Å². The topological polar surface area (TPSA) is 93.0 Å². The van der Waals surface area contributed by atoms with E-state index in [1.54, 1.807) is 29.2 Å². The number of carbonyl (C=O) groups is 1. The molecule has 6 nitrogen and oxygen atoms in total. The van der Waals surface area contributed by atoms with Crippen molar-refractivity contribution in [1.82, 2.24) is 10.2 Å². The molecule has 6 heteroatoms. The highest BCUT2D eigenvalue weighted by atomic mass is 16.3. The summed E-state index contributed by atoms with van der Waals surface area (Å²) in [4.78, 5) is 14.2. The largest absolute Gasteiger partial charge is 0.508 e. The quantitative estimate of drug-likeness (QED) is 0.533. The third-order valence-electron chi connectivity index (χ3n) is 5.56. The van der Waals surface area contributed by atoms with Gasteiger partial charge in [-0.15, -0.1) is 0 Å². The third kappa shape index (κ3) is 6.29. The Kier molecular flexibility index (Phi) is 7.13. The number of rotatable bonds is 8. The highest BCUT2D eigenvalue weighted by Gasteiger charge is 2.25. The number of phenolic OH excluding ortho intramolecular Hbond substituents is 1. The number of nitrogens with one attached hydrogen (secondary N) is 1. The molecule has 1 fully saturated rings. The number of aliphatic hydroxyl groups is 2. The zero-order chi connectivity index (χ0) is 21.7. The summed E-state index contributed by atoms with van der Waals surface area (Å²) in [6.07, 6.45) is 0.684. The first-order valence-electron chi connectivity index (χ1n) is 10.5. The molecule has 0 spiro atoms. The molecule has 1 aliphatic heterocycles. The molecule has 2 unspecified atom stereocenters. The molecule has 2 aromatic carbocycles. The van der Waals surface area contributed by atoms with E-state index in [-0.39, 0.29) is 17.2 Å². The number of carbonyl (C=O) groups excluding carboxylic acids is 1. The Balaban J connectivity index is 1.54. The van der Waals surface area contributed by atoms with Gasteiger partial charge in [-0.1, -0.05) is 36.4 Å².